The highest BCUT2D eigenvalue weighted by Gasteiger charge is 2.04. The first kappa shape index (κ1) is 6.34. The van der Waals surface area contributed by atoms with Gasteiger partial charge in [-0.25, -0.2) is 4.79 Å². The van der Waals surface area contributed by atoms with Gasteiger partial charge in [0.15, 0.2) is 0 Å². The molecule has 0 fully saturated rings. The average molecular weight is 100 g/mol. The maximum Gasteiger partial charge on any atom is 0.236 e. The number of nitrogens with zero attached hydrogens (tertiary/aromatic N) is 1. The van der Waals surface area contributed by atoms with Crippen molar-refractivity contribution in [3.63, 3.8) is 0 Å². The third-order valence-corrected chi connectivity index (χ3v) is 0.334. The molecule has 3 heteroatoms. The highest BCUT2D eigenvalue weighted by Crippen LogP contribution is 1.93. The molecule has 0 heterocycles. The molecule has 0 aromatic rings. The van der Waals surface area contributed by atoms with E-state index >= 15 is 0 Å². The standard InChI is InChI=1S/C4H8N2O/c1-4(2,5)6-3-7/h5H2,1-2H3. The Hall–Kier alpha value is -0.660. The Balaban J connectivity index is 3.80. The van der Waals surface area contributed by atoms with Crippen LogP contribution in [0, 0.1) is 0 Å². The molecule has 0 rings (SSSR count). The summed E-state index contributed by atoms with van der Waals surface area (Å²) in [6.07, 6.45) is 1.36. The van der Waals surface area contributed by atoms with Crippen LogP contribution in [0.3, 0.4) is 0 Å². The maximum absolute atomic E-state index is 9.45. The van der Waals surface area contributed by atoms with Gasteiger partial charge in [0.2, 0.25) is 6.08 Å². The summed E-state index contributed by atoms with van der Waals surface area (Å²) >= 11 is 0. The van der Waals surface area contributed by atoms with Gasteiger partial charge < -0.3 is 5.73 Å². The van der Waals surface area contributed by atoms with Gasteiger partial charge >= 0.3 is 0 Å². The van der Waals surface area contributed by atoms with Crippen LogP contribution in [0.15, 0.2) is 4.99 Å². The van der Waals surface area contributed by atoms with Crippen LogP contribution in [0.4, 0.5) is 0 Å². The fourth-order valence-corrected chi connectivity index (χ4v) is 0.118. The molecule has 0 aliphatic rings. The molecule has 0 atom stereocenters. The Labute approximate surface area is 42.2 Å². The Morgan fingerprint density at radius 3 is 2.14 bits per heavy atom. The Bertz CT molecular complexity index is 96.7. The summed E-state index contributed by atoms with van der Waals surface area (Å²) in [5.74, 6) is 0. The molecule has 7 heavy (non-hydrogen) atoms. The SMILES string of the molecule is CC(C)(N)N=C=O. The Morgan fingerprint density at radius 2 is 2.14 bits per heavy atom. The molecule has 0 radical (unpaired) electrons. The lowest BCUT2D eigenvalue weighted by atomic mass is 10.3. The highest BCUT2D eigenvalue weighted by molar-refractivity contribution is 5.34. The number of hydrogen-bond donors (Lipinski definition) is 1. The van der Waals surface area contributed by atoms with Crippen molar-refractivity contribution >= 4 is 6.08 Å². The fraction of sp³-hybridized carbons (Fsp3) is 0.750. The van der Waals surface area contributed by atoms with Gasteiger partial charge in [-0.3, -0.25) is 0 Å². The van der Waals surface area contributed by atoms with Crippen LogP contribution < -0.4 is 5.73 Å². The summed E-state index contributed by atoms with van der Waals surface area (Å²) in [5.41, 5.74) is 4.47. The van der Waals surface area contributed by atoms with Crippen LogP contribution in [0.25, 0.3) is 0 Å². The van der Waals surface area contributed by atoms with E-state index in [1.807, 2.05) is 0 Å². The van der Waals surface area contributed by atoms with E-state index in [9.17, 15) is 4.79 Å². The zero-order chi connectivity index (χ0) is 5.91. The second kappa shape index (κ2) is 1.87. The van der Waals surface area contributed by atoms with E-state index in [0.29, 0.717) is 0 Å². The summed E-state index contributed by atoms with van der Waals surface area (Å²) in [4.78, 5) is 12.7. The number of carbonyl (C=O) groups excluding carboxylic acids is 1. The highest BCUT2D eigenvalue weighted by atomic mass is 16.1. The molecule has 0 aliphatic heterocycles. The first-order valence-corrected chi connectivity index (χ1v) is 1.94. The third-order valence-electron chi connectivity index (χ3n) is 0.334. The summed E-state index contributed by atoms with van der Waals surface area (Å²) < 4.78 is 0. The average Bonchev–Trinajstić information content (AvgIpc) is 1.30. The van der Waals surface area contributed by atoms with E-state index in [4.69, 9.17) is 5.73 Å². The molecule has 0 spiro atoms. The summed E-state index contributed by atoms with van der Waals surface area (Å²) in [6.45, 7) is 3.25. The second-order valence-corrected chi connectivity index (χ2v) is 1.86. The lowest BCUT2D eigenvalue weighted by molar-refractivity contribution is 0.520. The third kappa shape index (κ3) is 5.34. The molecule has 0 unspecified atom stereocenters. The van der Waals surface area contributed by atoms with Crippen molar-refractivity contribution in [2.75, 3.05) is 0 Å². The molecule has 2 N–H and O–H groups in total. The topological polar surface area (TPSA) is 55.4 Å². The van der Waals surface area contributed by atoms with Crippen molar-refractivity contribution in [1.29, 1.82) is 0 Å². The number of isocyanates is 1. The smallest absolute Gasteiger partial charge is 0.236 e. The van der Waals surface area contributed by atoms with Crippen molar-refractivity contribution in [2.24, 2.45) is 10.7 Å². The number of hydrogen-bond acceptors (Lipinski definition) is 3. The lowest BCUT2D eigenvalue weighted by Crippen LogP contribution is -2.28. The van der Waals surface area contributed by atoms with Crippen molar-refractivity contribution in [3.05, 3.63) is 0 Å². The molecule has 3 nitrogen and oxygen atoms in total. The first-order valence-electron chi connectivity index (χ1n) is 1.94. The summed E-state index contributed by atoms with van der Waals surface area (Å²) in [7, 11) is 0. The minimum Gasteiger partial charge on any atom is -0.307 e. The van der Waals surface area contributed by atoms with Gasteiger partial charge in [0.05, 0.1) is 0 Å². The number of rotatable bonds is 1. The van der Waals surface area contributed by atoms with Crippen LogP contribution in [0.2, 0.25) is 0 Å². The number of nitrogens with two attached hydrogens (primary N) is 1. The minimum atomic E-state index is -0.748. The Kier molecular flexibility index (Phi) is 1.69. The second-order valence-electron chi connectivity index (χ2n) is 1.86. The van der Waals surface area contributed by atoms with E-state index in [1.165, 1.54) is 6.08 Å². The molecule has 40 valence electrons. The zero-order valence-electron chi connectivity index (χ0n) is 4.43. The van der Waals surface area contributed by atoms with Crippen LogP contribution in [0.5, 0.6) is 0 Å². The molecule has 0 aliphatic carbocycles. The van der Waals surface area contributed by atoms with Gasteiger partial charge in [0.1, 0.15) is 5.66 Å². The normalized spacial score (nSPS) is 10.1. The quantitative estimate of drug-likeness (QED) is 0.373. The fourth-order valence-electron chi connectivity index (χ4n) is 0.118. The summed E-state index contributed by atoms with van der Waals surface area (Å²) in [6, 6.07) is 0. The summed E-state index contributed by atoms with van der Waals surface area (Å²) in [5, 5.41) is 0. The predicted molar refractivity (Wildman–Crippen MR) is 26.4 cm³/mol. The van der Waals surface area contributed by atoms with Crippen LogP contribution in [0.1, 0.15) is 13.8 Å². The van der Waals surface area contributed by atoms with Crippen LogP contribution >= 0.6 is 0 Å². The van der Waals surface area contributed by atoms with Gasteiger partial charge in [-0.2, -0.15) is 4.99 Å². The maximum atomic E-state index is 9.45. The molecule has 0 aromatic carbocycles. The van der Waals surface area contributed by atoms with Gasteiger partial charge in [-0.05, 0) is 13.8 Å². The van der Waals surface area contributed by atoms with Gasteiger partial charge in [-0.15, -0.1) is 0 Å². The largest absolute Gasteiger partial charge is 0.307 e. The van der Waals surface area contributed by atoms with Crippen molar-refractivity contribution in [2.45, 2.75) is 19.5 Å². The lowest BCUT2D eigenvalue weighted by Gasteiger charge is -2.06. The van der Waals surface area contributed by atoms with Crippen molar-refractivity contribution in [1.82, 2.24) is 0 Å². The molecule has 0 bridgehead atoms. The van der Waals surface area contributed by atoms with Crippen LogP contribution in [-0.4, -0.2) is 11.7 Å². The van der Waals surface area contributed by atoms with Crippen LogP contribution in [-0.2, 0) is 4.79 Å². The molecular formula is C4H8N2O. The van der Waals surface area contributed by atoms with E-state index in [0.717, 1.165) is 0 Å². The van der Waals surface area contributed by atoms with Gasteiger partial charge in [-0.1, -0.05) is 0 Å². The van der Waals surface area contributed by atoms with E-state index in [-0.39, 0.29) is 0 Å². The minimum absolute atomic E-state index is 0.748. The van der Waals surface area contributed by atoms with E-state index in [1.54, 1.807) is 13.8 Å². The molecule has 0 amide bonds. The first-order chi connectivity index (χ1) is 3.06. The van der Waals surface area contributed by atoms with Gasteiger partial charge in [0, 0.05) is 0 Å². The molecule has 0 saturated carbocycles. The van der Waals surface area contributed by atoms with E-state index < -0.39 is 5.66 Å². The van der Waals surface area contributed by atoms with E-state index in [2.05, 4.69) is 4.99 Å². The molecule has 0 aromatic heterocycles. The molecule has 0 saturated heterocycles. The van der Waals surface area contributed by atoms with Gasteiger partial charge in [0.25, 0.3) is 0 Å². The predicted octanol–water partition coefficient (Wildman–Crippen LogP) is 0.0170. The molecular weight excluding hydrogens is 92.1 g/mol. The monoisotopic (exact) mass is 100 g/mol. The Morgan fingerprint density at radius 1 is 1.71 bits per heavy atom. The zero-order valence-corrected chi connectivity index (χ0v) is 4.43. The van der Waals surface area contributed by atoms with Crippen molar-refractivity contribution in [3.8, 4) is 0 Å². The number of aliphatic imine (C=N–C) groups is 1. The van der Waals surface area contributed by atoms with Crippen molar-refractivity contribution < 1.29 is 4.79 Å².